The van der Waals surface area contributed by atoms with E-state index < -0.39 is 5.97 Å². The number of allylic oxidation sites excluding steroid dienone is 1. The molecule has 86 valence electrons. The number of aliphatic carboxylic acids is 1. The molecular weight excluding hydrogens is 208 g/mol. The van der Waals surface area contributed by atoms with E-state index in [0.29, 0.717) is 23.3 Å². The van der Waals surface area contributed by atoms with E-state index in [1.54, 1.807) is 18.2 Å². The van der Waals surface area contributed by atoms with Crippen LogP contribution >= 0.6 is 0 Å². The molecule has 4 heteroatoms. The zero-order valence-corrected chi connectivity index (χ0v) is 9.23. The largest absolute Gasteiger partial charge is 0.504 e. The zero-order valence-electron chi connectivity index (χ0n) is 9.23. The van der Waals surface area contributed by atoms with E-state index in [-0.39, 0.29) is 5.75 Å². The Morgan fingerprint density at radius 1 is 1.50 bits per heavy atom. The van der Waals surface area contributed by atoms with Gasteiger partial charge in [-0.15, -0.1) is 0 Å². The molecule has 0 spiro atoms. The lowest BCUT2D eigenvalue weighted by Gasteiger charge is -2.10. The van der Waals surface area contributed by atoms with Crippen molar-refractivity contribution in [3.05, 3.63) is 29.8 Å². The maximum atomic E-state index is 10.6. The third-order valence-corrected chi connectivity index (χ3v) is 2.24. The highest BCUT2D eigenvalue weighted by molar-refractivity contribution is 5.91. The van der Waals surface area contributed by atoms with Crippen molar-refractivity contribution in [3.8, 4) is 11.5 Å². The lowest BCUT2D eigenvalue weighted by molar-refractivity contribution is -0.131. The summed E-state index contributed by atoms with van der Waals surface area (Å²) in [6.07, 6.45) is 1.61. The fraction of sp³-hybridized carbons (Fsp3) is 0.250. The third-order valence-electron chi connectivity index (χ3n) is 2.24. The van der Waals surface area contributed by atoms with E-state index in [0.717, 1.165) is 6.08 Å². The first-order chi connectivity index (χ1) is 7.60. The summed E-state index contributed by atoms with van der Waals surface area (Å²) in [7, 11) is 1.45. The van der Waals surface area contributed by atoms with Gasteiger partial charge in [0.2, 0.25) is 0 Å². The van der Waals surface area contributed by atoms with Crippen LogP contribution in [0.15, 0.2) is 24.3 Å². The van der Waals surface area contributed by atoms with Gasteiger partial charge in [0.05, 0.1) is 7.11 Å². The van der Waals surface area contributed by atoms with Crippen LogP contribution in [0.1, 0.15) is 18.9 Å². The number of hydrogen-bond acceptors (Lipinski definition) is 3. The van der Waals surface area contributed by atoms with Crippen LogP contribution in [0.25, 0.3) is 5.57 Å². The molecule has 0 bridgehead atoms. The number of carboxylic acid groups (broad SMARTS) is 1. The van der Waals surface area contributed by atoms with Gasteiger partial charge in [-0.2, -0.15) is 0 Å². The lowest BCUT2D eigenvalue weighted by atomic mass is 10.0. The molecule has 0 saturated carbocycles. The number of hydrogen-bond donors (Lipinski definition) is 2. The number of carboxylic acids is 1. The third kappa shape index (κ3) is 2.53. The second-order valence-corrected chi connectivity index (χ2v) is 3.22. The molecule has 0 atom stereocenters. The van der Waals surface area contributed by atoms with Gasteiger partial charge in [0.15, 0.2) is 11.5 Å². The summed E-state index contributed by atoms with van der Waals surface area (Å²) in [5, 5.41) is 18.5. The van der Waals surface area contributed by atoms with Crippen LogP contribution in [0.4, 0.5) is 0 Å². The predicted molar refractivity (Wildman–Crippen MR) is 60.6 cm³/mol. The normalized spacial score (nSPS) is 11.2. The molecule has 16 heavy (non-hydrogen) atoms. The van der Waals surface area contributed by atoms with Gasteiger partial charge in [0, 0.05) is 11.6 Å². The van der Waals surface area contributed by atoms with E-state index in [9.17, 15) is 9.90 Å². The molecule has 0 unspecified atom stereocenters. The van der Waals surface area contributed by atoms with Gasteiger partial charge in [0.25, 0.3) is 0 Å². The number of phenolic OH excluding ortho intramolecular Hbond substituents is 1. The highest BCUT2D eigenvalue weighted by Gasteiger charge is 2.11. The number of methoxy groups -OCH3 is 1. The van der Waals surface area contributed by atoms with Crippen molar-refractivity contribution in [2.24, 2.45) is 0 Å². The summed E-state index contributed by atoms with van der Waals surface area (Å²) in [5.74, 6) is -0.722. The lowest BCUT2D eigenvalue weighted by Crippen LogP contribution is -1.93. The smallest absolute Gasteiger partial charge is 0.328 e. The minimum atomic E-state index is -1.03. The Balaban J connectivity index is 3.26. The maximum Gasteiger partial charge on any atom is 0.328 e. The number of carbonyl (C=O) groups is 1. The number of ether oxygens (including phenoxy) is 1. The predicted octanol–water partition coefficient (Wildman–Crippen LogP) is 2.28. The highest BCUT2D eigenvalue weighted by Crippen LogP contribution is 2.34. The van der Waals surface area contributed by atoms with E-state index in [1.165, 1.54) is 7.11 Å². The van der Waals surface area contributed by atoms with Crippen LogP contribution in [0.5, 0.6) is 11.5 Å². The van der Waals surface area contributed by atoms with Crippen molar-refractivity contribution in [1.29, 1.82) is 0 Å². The molecule has 0 aliphatic rings. The fourth-order valence-electron chi connectivity index (χ4n) is 1.47. The standard InChI is InChI=1S/C12H14O4/c1-3-8(7-11(13)14)9-5-4-6-10(16-2)12(9)15/h4-7,15H,3H2,1-2H3,(H,13,14)/b8-7+. The van der Waals surface area contributed by atoms with Crippen molar-refractivity contribution >= 4 is 11.5 Å². The van der Waals surface area contributed by atoms with Crippen LogP contribution in [0.3, 0.4) is 0 Å². The molecule has 0 amide bonds. The Morgan fingerprint density at radius 3 is 2.69 bits per heavy atom. The van der Waals surface area contributed by atoms with Crippen LogP contribution in [-0.2, 0) is 4.79 Å². The summed E-state index contributed by atoms with van der Waals surface area (Å²) < 4.78 is 4.96. The fourth-order valence-corrected chi connectivity index (χ4v) is 1.47. The minimum Gasteiger partial charge on any atom is -0.504 e. The van der Waals surface area contributed by atoms with Gasteiger partial charge < -0.3 is 14.9 Å². The highest BCUT2D eigenvalue weighted by atomic mass is 16.5. The van der Waals surface area contributed by atoms with E-state index >= 15 is 0 Å². The molecule has 1 rings (SSSR count). The average molecular weight is 222 g/mol. The van der Waals surface area contributed by atoms with Crippen molar-refractivity contribution in [2.45, 2.75) is 13.3 Å². The van der Waals surface area contributed by atoms with Gasteiger partial charge in [-0.05, 0) is 18.1 Å². The molecule has 0 aromatic heterocycles. The number of aromatic hydroxyl groups is 1. The molecule has 0 aliphatic carbocycles. The summed E-state index contributed by atoms with van der Waals surface area (Å²) >= 11 is 0. The molecular formula is C12H14O4. The number of phenols is 1. The van der Waals surface area contributed by atoms with Gasteiger partial charge in [0.1, 0.15) is 0 Å². The van der Waals surface area contributed by atoms with Crippen LogP contribution in [-0.4, -0.2) is 23.3 Å². The Labute approximate surface area is 93.8 Å². The summed E-state index contributed by atoms with van der Waals surface area (Å²) in [4.78, 5) is 10.6. The first kappa shape index (κ1) is 12.1. The first-order valence-electron chi connectivity index (χ1n) is 4.90. The van der Waals surface area contributed by atoms with Gasteiger partial charge in [-0.1, -0.05) is 19.1 Å². The zero-order chi connectivity index (χ0) is 12.1. The molecule has 0 saturated heterocycles. The molecule has 1 aromatic carbocycles. The number of para-hydroxylation sites is 1. The molecule has 4 nitrogen and oxygen atoms in total. The molecule has 1 aromatic rings. The second-order valence-electron chi connectivity index (χ2n) is 3.22. The van der Waals surface area contributed by atoms with Gasteiger partial charge >= 0.3 is 5.97 Å². The Kier molecular flexibility index (Phi) is 3.94. The molecule has 0 aliphatic heterocycles. The topological polar surface area (TPSA) is 66.8 Å². The second kappa shape index (κ2) is 5.21. The van der Waals surface area contributed by atoms with Crippen LogP contribution in [0, 0.1) is 0 Å². The van der Waals surface area contributed by atoms with E-state index in [1.807, 2.05) is 6.92 Å². The van der Waals surface area contributed by atoms with Crippen LogP contribution < -0.4 is 4.74 Å². The summed E-state index contributed by atoms with van der Waals surface area (Å²) in [5.41, 5.74) is 1.05. The van der Waals surface area contributed by atoms with Crippen molar-refractivity contribution in [1.82, 2.24) is 0 Å². The molecule has 0 fully saturated rings. The molecule has 0 heterocycles. The minimum absolute atomic E-state index is 0.0284. The average Bonchev–Trinajstić information content (AvgIpc) is 2.26. The Bertz CT molecular complexity index is 421. The summed E-state index contributed by atoms with van der Waals surface area (Å²) in [6.45, 7) is 1.83. The molecule has 2 N–H and O–H groups in total. The monoisotopic (exact) mass is 222 g/mol. The van der Waals surface area contributed by atoms with E-state index in [2.05, 4.69) is 0 Å². The SMILES string of the molecule is CC/C(=C\C(=O)O)c1cccc(OC)c1O. The maximum absolute atomic E-state index is 10.6. The van der Waals surface area contributed by atoms with Gasteiger partial charge in [-0.25, -0.2) is 4.79 Å². The van der Waals surface area contributed by atoms with Gasteiger partial charge in [-0.3, -0.25) is 0 Å². The van der Waals surface area contributed by atoms with Crippen molar-refractivity contribution in [2.75, 3.05) is 7.11 Å². The number of benzene rings is 1. The van der Waals surface area contributed by atoms with Crippen molar-refractivity contribution in [3.63, 3.8) is 0 Å². The Morgan fingerprint density at radius 2 is 2.19 bits per heavy atom. The summed E-state index contributed by atoms with van der Waals surface area (Å²) in [6, 6.07) is 4.99. The van der Waals surface area contributed by atoms with Crippen LogP contribution in [0.2, 0.25) is 0 Å². The number of rotatable bonds is 4. The van der Waals surface area contributed by atoms with Crippen molar-refractivity contribution < 1.29 is 19.7 Å². The quantitative estimate of drug-likeness (QED) is 0.767. The first-order valence-corrected chi connectivity index (χ1v) is 4.90. The Hall–Kier alpha value is -1.97. The van der Waals surface area contributed by atoms with E-state index in [4.69, 9.17) is 9.84 Å². The molecule has 0 radical (unpaired) electrons.